The second kappa shape index (κ2) is 13.5. The van der Waals surface area contributed by atoms with Crippen molar-refractivity contribution in [2.24, 2.45) is 4.99 Å². The molecule has 1 atom stereocenters. The van der Waals surface area contributed by atoms with Gasteiger partial charge >= 0.3 is 0 Å². The zero-order valence-electron chi connectivity index (χ0n) is 29.5. The van der Waals surface area contributed by atoms with Crippen LogP contribution >= 0.6 is 0 Å². The summed E-state index contributed by atoms with van der Waals surface area (Å²) in [5, 5.41) is 11.2. The number of amidine groups is 1. The Morgan fingerprint density at radius 2 is 1.02 bits per heavy atom. The van der Waals surface area contributed by atoms with Gasteiger partial charge in [0.2, 0.25) is 0 Å². The summed E-state index contributed by atoms with van der Waals surface area (Å²) in [5.41, 5.74) is 11.3. The summed E-state index contributed by atoms with van der Waals surface area (Å²) in [7, 11) is 0. The molecule has 3 nitrogen and oxygen atoms in total. The first-order chi connectivity index (χ1) is 26.8. The number of rotatable bonds is 6. The van der Waals surface area contributed by atoms with Crippen LogP contribution in [0.1, 0.15) is 22.7 Å². The third-order valence-corrected chi connectivity index (χ3v) is 10.6. The van der Waals surface area contributed by atoms with E-state index < -0.39 is 0 Å². The molecule has 54 heavy (non-hydrogen) atoms. The van der Waals surface area contributed by atoms with E-state index in [1.54, 1.807) is 0 Å². The van der Waals surface area contributed by atoms with E-state index >= 15 is 0 Å². The molecule has 0 fully saturated rings. The van der Waals surface area contributed by atoms with Gasteiger partial charge in [0.25, 0.3) is 0 Å². The number of aliphatic imine (C=N–C) groups is 1. The van der Waals surface area contributed by atoms with Crippen molar-refractivity contribution >= 4 is 43.9 Å². The second-order valence-corrected chi connectivity index (χ2v) is 13.8. The number of aromatic nitrogens is 1. The molecule has 1 aromatic heterocycles. The van der Waals surface area contributed by atoms with Crippen LogP contribution in [0.15, 0.2) is 205 Å². The Morgan fingerprint density at radius 3 is 1.81 bits per heavy atom. The molecule has 9 aromatic rings. The lowest BCUT2D eigenvalue weighted by atomic mass is 9.89. The zero-order chi connectivity index (χ0) is 35.8. The van der Waals surface area contributed by atoms with E-state index in [1.165, 1.54) is 60.1 Å². The first-order valence-corrected chi connectivity index (χ1v) is 18.4. The third kappa shape index (κ3) is 5.73. The van der Waals surface area contributed by atoms with E-state index in [4.69, 9.17) is 4.99 Å². The van der Waals surface area contributed by atoms with Crippen LogP contribution < -0.4 is 5.32 Å². The number of hydrogen-bond donors (Lipinski definition) is 1. The lowest BCUT2D eigenvalue weighted by molar-refractivity contribution is 0.788. The van der Waals surface area contributed by atoms with Crippen molar-refractivity contribution in [2.75, 3.05) is 0 Å². The molecule has 0 amide bonds. The van der Waals surface area contributed by atoms with Crippen molar-refractivity contribution in [3.63, 3.8) is 0 Å². The summed E-state index contributed by atoms with van der Waals surface area (Å²) in [6, 6.07) is 65.0. The van der Waals surface area contributed by atoms with Crippen molar-refractivity contribution in [1.82, 2.24) is 10.3 Å². The van der Waals surface area contributed by atoms with Gasteiger partial charge in [-0.15, -0.1) is 0 Å². The van der Waals surface area contributed by atoms with Crippen LogP contribution in [0.3, 0.4) is 0 Å². The Balaban J connectivity index is 1.14. The molecule has 3 heteroatoms. The molecule has 0 radical (unpaired) electrons. The Bertz CT molecular complexity index is 2890. The smallest absolute Gasteiger partial charge is 0.134 e. The predicted octanol–water partition coefficient (Wildman–Crippen LogP) is 12.7. The maximum atomic E-state index is 5.41. The quantitative estimate of drug-likeness (QED) is 0.176. The van der Waals surface area contributed by atoms with Crippen LogP contribution in [0.5, 0.6) is 0 Å². The minimum absolute atomic E-state index is 0.120. The molecule has 1 N–H and O–H groups in total. The molecule has 2 heterocycles. The van der Waals surface area contributed by atoms with Crippen molar-refractivity contribution in [3.8, 4) is 33.4 Å². The second-order valence-electron chi connectivity index (χ2n) is 13.8. The van der Waals surface area contributed by atoms with Gasteiger partial charge in [-0.2, -0.15) is 0 Å². The number of hydrogen-bond acceptors (Lipinski definition) is 3. The molecule has 1 unspecified atom stereocenters. The van der Waals surface area contributed by atoms with E-state index in [1.807, 2.05) is 18.5 Å². The highest BCUT2D eigenvalue weighted by Crippen LogP contribution is 2.40. The first kappa shape index (κ1) is 31.6. The summed E-state index contributed by atoms with van der Waals surface area (Å²) < 4.78 is 0. The van der Waals surface area contributed by atoms with Crippen molar-refractivity contribution in [2.45, 2.75) is 6.04 Å². The van der Waals surface area contributed by atoms with E-state index in [2.05, 4.69) is 192 Å². The predicted molar refractivity (Wildman–Crippen MR) is 226 cm³/mol. The Kier molecular flexibility index (Phi) is 7.88. The van der Waals surface area contributed by atoms with E-state index in [9.17, 15) is 0 Å². The normalized spacial score (nSPS) is 14.1. The molecular weight excluding hydrogens is 655 g/mol. The standard InChI is InChI=1S/C51H35N3/c1-2-12-34(13-3-1)35-23-25-36(26-24-35)51-53-49(32-50(54-51)48-31-39-14-4-5-18-41(39)43-19-7-9-22-46(43)48)47-28-27-42(44-20-6-8-21-45(44)47)38-16-10-15-37(30-38)40-17-11-29-52-33-40/h1-33,50H,(H,53,54). The summed E-state index contributed by atoms with van der Waals surface area (Å²) in [6.45, 7) is 0. The van der Waals surface area contributed by atoms with Crippen LogP contribution in [0.4, 0.5) is 0 Å². The number of pyridine rings is 1. The average molecular weight is 690 g/mol. The number of benzene rings is 8. The van der Waals surface area contributed by atoms with Gasteiger partial charge in [-0.3, -0.25) is 4.98 Å². The van der Waals surface area contributed by atoms with Crippen LogP contribution in [-0.4, -0.2) is 10.8 Å². The molecule has 0 bridgehead atoms. The molecule has 254 valence electrons. The van der Waals surface area contributed by atoms with Crippen molar-refractivity contribution < 1.29 is 0 Å². The third-order valence-electron chi connectivity index (χ3n) is 10.6. The van der Waals surface area contributed by atoms with Gasteiger partial charge in [-0.1, -0.05) is 164 Å². The minimum atomic E-state index is -0.120. The zero-order valence-corrected chi connectivity index (χ0v) is 29.5. The molecule has 0 saturated carbocycles. The highest BCUT2D eigenvalue weighted by atomic mass is 15.0. The van der Waals surface area contributed by atoms with E-state index in [0.717, 1.165) is 33.8 Å². The Labute approximate surface area is 314 Å². The molecule has 0 spiro atoms. The van der Waals surface area contributed by atoms with E-state index in [0.29, 0.717) is 0 Å². The Hall–Kier alpha value is -7.10. The summed E-state index contributed by atoms with van der Waals surface area (Å²) in [4.78, 5) is 9.77. The van der Waals surface area contributed by atoms with Crippen molar-refractivity contribution in [1.29, 1.82) is 0 Å². The van der Waals surface area contributed by atoms with Crippen LogP contribution in [0.2, 0.25) is 0 Å². The van der Waals surface area contributed by atoms with E-state index in [-0.39, 0.29) is 6.04 Å². The van der Waals surface area contributed by atoms with Gasteiger partial charge in [0.15, 0.2) is 0 Å². The van der Waals surface area contributed by atoms with Crippen LogP contribution in [-0.2, 0) is 0 Å². The largest absolute Gasteiger partial charge is 0.359 e. The fourth-order valence-corrected chi connectivity index (χ4v) is 7.97. The number of nitrogens with zero attached hydrogens (tertiary/aromatic N) is 2. The topological polar surface area (TPSA) is 37.3 Å². The monoisotopic (exact) mass is 689 g/mol. The lowest BCUT2D eigenvalue weighted by Crippen LogP contribution is -2.31. The fourth-order valence-electron chi connectivity index (χ4n) is 7.97. The highest BCUT2D eigenvalue weighted by Gasteiger charge is 2.23. The van der Waals surface area contributed by atoms with Gasteiger partial charge in [-0.05, 0) is 90.0 Å². The molecule has 1 aliphatic rings. The maximum absolute atomic E-state index is 5.41. The first-order valence-electron chi connectivity index (χ1n) is 18.4. The molecule has 1 aliphatic heterocycles. The Morgan fingerprint density at radius 1 is 0.407 bits per heavy atom. The molecule has 8 aromatic carbocycles. The number of nitrogens with one attached hydrogen (secondary N) is 1. The van der Waals surface area contributed by atoms with Gasteiger partial charge in [0, 0.05) is 29.1 Å². The minimum Gasteiger partial charge on any atom is -0.359 e. The maximum Gasteiger partial charge on any atom is 0.134 e. The van der Waals surface area contributed by atoms with Gasteiger partial charge in [0.1, 0.15) is 5.84 Å². The van der Waals surface area contributed by atoms with Crippen LogP contribution in [0, 0.1) is 0 Å². The molecule has 0 aliphatic carbocycles. The van der Waals surface area contributed by atoms with Crippen LogP contribution in [0.25, 0.3) is 71.4 Å². The SMILES string of the molecule is C1=C(c2ccc(-c3cccc(-c4cccnc4)c3)c3ccccc23)N=C(c2ccc(-c3ccccc3)cc2)NC1c1cc2ccccc2c2ccccc12. The summed E-state index contributed by atoms with van der Waals surface area (Å²) in [6.07, 6.45) is 6.04. The van der Waals surface area contributed by atoms with Gasteiger partial charge in [0.05, 0.1) is 11.7 Å². The highest BCUT2D eigenvalue weighted by molar-refractivity contribution is 6.11. The lowest BCUT2D eigenvalue weighted by Gasteiger charge is -2.26. The summed E-state index contributed by atoms with van der Waals surface area (Å²) in [5.74, 6) is 0.853. The number of fused-ring (bicyclic) bond motifs is 4. The van der Waals surface area contributed by atoms with Gasteiger partial charge < -0.3 is 5.32 Å². The molecule has 0 saturated heterocycles. The van der Waals surface area contributed by atoms with Gasteiger partial charge in [-0.25, -0.2) is 4.99 Å². The van der Waals surface area contributed by atoms with Crippen molar-refractivity contribution in [3.05, 3.63) is 217 Å². The molecular formula is C51H35N3. The summed E-state index contributed by atoms with van der Waals surface area (Å²) >= 11 is 0. The molecule has 10 rings (SSSR count). The average Bonchev–Trinajstić information content (AvgIpc) is 3.26. The fraction of sp³-hybridized carbons (Fsp3) is 0.0196.